The Hall–Kier alpha value is -1.18. The van der Waals surface area contributed by atoms with Crippen molar-refractivity contribution >= 4 is 62.2 Å². The molecule has 0 aromatic heterocycles. The molecule has 1 aliphatic rings. The number of hydrogen-bond acceptors (Lipinski definition) is 5. The summed E-state index contributed by atoms with van der Waals surface area (Å²) in [6.45, 7) is 3.44. The molecule has 4 nitrogen and oxygen atoms in total. The molecule has 7 heteroatoms. The van der Waals surface area contributed by atoms with Gasteiger partial charge in [-0.3, -0.25) is 9.69 Å². The number of rotatable bonds is 4. The molecular formula is C15H13BrNO3S2-. The van der Waals surface area contributed by atoms with Crippen LogP contribution in [-0.4, -0.2) is 27.1 Å². The molecule has 1 amide bonds. The largest absolute Gasteiger partial charge is 0.548 e. The molecule has 0 N–H and O–H groups in total. The lowest BCUT2D eigenvalue weighted by Crippen LogP contribution is -2.52. The topological polar surface area (TPSA) is 60.4 Å². The molecule has 0 radical (unpaired) electrons. The second-order valence-electron chi connectivity index (χ2n) is 5.11. The van der Waals surface area contributed by atoms with Gasteiger partial charge >= 0.3 is 0 Å². The first-order valence-electron chi connectivity index (χ1n) is 6.54. The number of amides is 1. The maximum absolute atomic E-state index is 12.5. The summed E-state index contributed by atoms with van der Waals surface area (Å²) in [6, 6.07) is 6.41. The number of carbonyl (C=O) groups excluding carboxylic acids is 2. The highest BCUT2D eigenvalue weighted by Gasteiger charge is 2.38. The number of halogens is 1. The molecule has 116 valence electrons. The first kappa shape index (κ1) is 17.2. The molecule has 0 aliphatic carbocycles. The van der Waals surface area contributed by atoms with Crippen LogP contribution in [0.2, 0.25) is 0 Å². The number of carboxylic acids is 1. The van der Waals surface area contributed by atoms with Crippen LogP contribution in [0.25, 0.3) is 6.08 Å². The van der Waals surface area contributed by atoms with Crippen molar-refractivity contribution in [3.05, 3.63) is 39.2 Å². The Morgan fingerprint density at radius 2 is 2.14 bits per heavy atom. The second kappa shape index (κ2) is 6.93. The minimum absolute atomic E-state index is 0.245. The maximum Gasteiger partial charge on any atom is 0.266 e. The van der Waals surface area contributed by atoms with Gasteiger partial charge in [0.15, 0.2) is 0 Å². The predicted molar refractivity (Wildman–Crippen MR) is 92.8 cm³/mol. The number of hydrogen-bond donors (Lipinski definition) is 0. The van der Waals surface area contributed by atoms with Gasteiger partial charge in [0.25, 0.3) is 5.91 Å². The SMILES string of the molecule is CC(C)[C@@H](C(=O)[O-])N1C(=O)/C(=C\c2cccc(Br)c2)SC1=S. The summed E-state index contributed by atoms with van der Waals surface area (Å²) in [5.41, 5.74) is 0.837. The van der Waals surface area contributed by atoms with E-state index in [1.807, 2.05) is 24.3 Å². The monoisotopic (exact) mass is 398 g/mol. The van der Waals surface area contributed by atoms with Gasteiger partial charge in [-0.05, 0) is 29.7 Å². The minimum atomic E-state index is -1.30. The summed E-state index contributed by atoms with van der Waals surface area (Å²) < 4.78 is 1.14. The lowest BCUT2D eigenvalue weighted by atomic mass is 10.0. The van der Waals surface area contributed by atoms with Crippen molar-refractivity contribution < 1.29 is 14.7 Å². The van der Waals surface area contributed by atoms with Gasteiger partial charge < -0.3 is 9.90 Å². The van der Waals surface area contributed by atoms with Gasteiger partial charge in [0.05, 0.1) is 16.9 Å². The van der Waals surface area contributed by atoms with E-state index in [1.165, 1.54) is 0 Å². The van der Waals surface area contributed by atoms with Crippen molar-refractivity contribution in [1.29, 1.82) is 0 Å². The van der Waals surface area contributed by atoms with Gasteiger partial charge in [-0.15, -0.1) is 0 Å². The summed E-state index contributed by atoms with van der Waals surface area (Å²) in [7, 11) is 0. The Labute approximate surface area is 146 Å². The zero-order valence-electron chi connectivity index (χ0n) is 11.9. The molecule has 1 heterocycles. The zero-order chi connectivity index (χ0) is 16.4. The van der Waals surface area contributed by atoms with E-state index in [0.717, 1.165) is 26.7 Å². The summed E-state index contributed by atoms with van der Waals surface area (Å²) in [4.78, 5) is 25.4. The number of benzene rings is 1. The van der Waals surface area contributed by atoms with Crippen LogP contribution in [-0.2, 0) is 9.59 Å². The van der Waals surface area contributed by atoms with Crippen molar-refractivity contribution in [2.45, 2.75) is 19.9 Å². The first-order chi connectivity index (χ1) is 10.3. The number of carbonyl (C=O) groups is 2. The molecule has 2 rings (SSSR count). The van der Waals surface area contributed by atoms with Crippen molar-refractivity contribution in [3.63, 3.8) is 0 Å². The molecule has 1 saturated heterocycles. The highest BCUT2D eigenvalue weighted by molar-refractivity contribution is 9.10. The first-order valence-corrected chi connectivity index (χ1v) is 8.56. The Morgan fingerprint density at radius 3 is 2.68 bits per heavy atom. The van der Waals surface area contributed by atoms with Gasteiger partial charge in [-0.25, -0.2) is 0 Å². The van der Waals surface area contributed by atoms with Crippen LogP contribution < -0.4 is 5.11 Å². The fourth-order valence-electron chi connectivity index (χ4n) is 2.14. The number of carboxylic acid groups (broad SMARTS) is 1. The maximum atomic E-state index is 12.5. The smallest absolute Gasteiger partial charge is 0.266 e. The van der Waals surface area contributed by atoms with E-state index in [9.17, 15) is 14.7 Å². The molecule has 0 spiro atoms. The van der Waals surface area contributed by atoms with Crippen molar-refractivity contribution in [3.8, 4) is 0 Å². The van der Waals surface area contributed by atoms with E-state index in [2.05, 4.69) is 15.9 Å². The lowest BCUT2D eigenvalue weighted by Gasteiger charge is -2.30. The van der Waals surface area contributed by atoms with Crippen molar-refractivity contribution in [1.82, 2.24) is 4.90 Å². The molecule has 0 saturated carbocycles. The third-order valence-electron chi connectivity index (χ3n) is 3.12. The van der Waals surface area contributed by atoms with Crippen molar-refractivity contribution in [2.24, 2.45) is 5.92 Å². The number of aliphatic carboxylic acids is 1. The summed E-state index contributed by atoms with van der Waals surface area (Å²) in [6.07, 6.45) is 1.71. The summed E-state index contributed by atoms with van der Waals surface area (Å²) in [5, 5.41) is 11.3. The Morgan fingerprint density at radius 1 is 1.45 bits per heavy atom. The normalized spacial score (nSPS) is 18.4. The van der Waals surface area contributed by atoms with Crippen LogP contribution >= 0.6 is 39.9 Å². The molecule has 1 aliphatic heterocycles. The molecule has 1 aromatic carbocycles. The summed E-state index contributed by atoms with van der Waals surface area (Å²) in [5.74, 6) is -1.98. The standard InChI is InChI=1S/C15H14BrNO3S2/c1-8(2)12(14(19)20)17-13(18)11(22-15(17)21)7-9-4-3-5-10(16)6-9/h3-8,12H,1-2H3,(H,19,20)/p-1/b11-7+/t12-/m0/s1. The molecule has 0 unspecified atom stereocenters. The molecule has 1 aromatic rings. The van der Waals surface area contributed by atoms with E-state index in [0.29, 0.717) is 4.91 Å². The van der Waals surface area contributed by atoms with Gasteiger partial charge in [0, 0.05) is 4.47 Å². The fraction of sp³-hybridized carbons (Fsp3) is 0.267. The van der Waals surface area contributed by atoms with E-state index >= 15 is 0 Å². The Bertz CT molecular complexity index is 673. The number of thiocarbonyl (C=S) groups is 1. The van der Waals surface area contributed by atoms with Gasteiger partial charge in [0.1, 0.15) is 4.32 Å². The van der Waals surface area contributed by atoms with Crippen LogP contribution in [0.5, 0.6) is 0 Å². The van der Waals surface area contributed by atoms with Crippen LogP contribution in [0.4, 0.5) is 0 Å². The molecule has 1 fully saturated rings. The highest BCUT2D eigenvalue weighted by atomic mass is 79.9. The van der Waals surface area contributed by atoms with Gasteiger partial charge in [-0.2, -0.15) is 0 Å². The van der Waals surface area contributed by atoms with Crippen molar-refractivity contribution in [2.75, 3.05) is 0 Å². The van der Waals surface area contributed by atoms with Crippen LogP contribution in [0.15, 0.2) is 33.6 Å². The molecule has 22 heavy (non-hydrogen) atoms. The highest BCUT2D eigenvalue weighted by Crippen LogP contribution is 2.35. The van der Waals surface area contributed by atoms with Crippen LogP contribution in [0, 0.1) is 5.92 Å². The average molecular weight is 399 g/mol. The third-order valence-corrected chi connectivity index (χ3v) is 4.94. The third kappa shape index (κ3) is 3.59. The molecule has 0 bridgehead atoms. The van der Waals surface area contributed by atoms with E-state index in [-0.39, 0.29) is 10.2 Å². The minimum Gasteiger partial charge on any atom is -0.548 e. The summed E-state index contributed by atoms with van der Waals surface area (Å²) >= 11 is 9.65. The molecular weight excluding hydrogens is 386 g/mol. The van der Waals surface area contributed by atoms with Gasteiger partial charge in [0.2, 0.25) is 0 Å². The van der Waals surface area contributed by atoms with E-state index in [4.69, 9.17) is 12.2 Å². The fourth-order valence-corrected chi connectivity index (χ4v) is 3.89. The lowest BCUT2D eigenvalue weighted by molar-refractivity contribution is -0.311. The van der Waals surface area contributed by atoms with E-state index < -0.39 is 17.9 Å². The Kier molecular flexibility index (Phi) is 5.41. The average Bonchev–Trinajstić information content (AvgIpc) is 2.66. The van der Waals surface area contributed by atoms with Crippen LogP contribution in [0.3, 0.4) is 0 Å². The Balaban J connectivity index is 2.34. The zero-order valence-corrected chi connectivity index (χ0v) is 15.1. The predicted octanol–water partition coefficient (Wildman–Crippen LogP) is 2.42. The van der Waals surface area contributed by atoms with Gasteiger partial charge in [-0.1, -0.05) is 65.9 Å². The van der Waals surface area contributed by atoms with Crippen LogP contribution in [0.1, 0.15) is 19.4 Å². The number of thioether (sulfide) groups is 1. The number of nitrogens with zero attached hydrogens (tertiary/aromatic N) is 1. The van der Waals surface area contributed by atoms with E-state index in [1.54, 1.807) is 19.9 Å². The second-order valence-corrected chi connectivity index (χ2v) is 7.71. The molecule has 1 atom stereocenters. The quantitative estimate of drug-likeness (QED) is 0.575.